The lowest BCUT2D eigenvalue weighted by Gasteiger charge is -2.18. The summed E-state index contributed by atoms with van der Waals surface area (Å²) in [5.74, 6) is 0.627. The molecular formula is C9H11NO4S. The fraction of sp³-hybridized carbons (Fsp3) is 0.556. The fourth-order valence-electron chi connectivity index (χ4n) is 1.76. The molecule has 6 heteroatoms. The van der Waals surface area contributed by atoms with Crippen LogP contribution in [0.3, 0.4) is 0 Å². The highest BCUT2D eigenvalue weighted by atomic mass is 32.2. The number of oxazole rings is 1. The molecule has 15 heavy (non-hydrogen) atoms. The minimum Gasteiger partial charge on any atom is -0.438 e. The van der Waals surface area contributed by atoms with Crippen molar-refractivity contribution in [2.24, 2.45) is 0 Å². The van der Waals surface area contributed by atoms with Gasteiger partial charge >= 0.3 is 0 Å². The lowest BCUT2D eigenvalue weighted by molar-refractivity contribution is 0.109. The van der Waals surface area contributed by atoms with E-state index >= 15 is 0 Å². The van der Waals surface area contributed by atoms with Gasteiger partial charge in [0.05, 0.1) is 17.7 Å². The van der Waals surface area contributed by atoms with Crippen molar-refractivity contribution in [1.29, 1.82) is 0 Å². The van der Waals surface area contributed by atoms with Gasteiger partial charge < -0.3 is 4.42 Å². The van der Waals surface area contributed by atoms with E-state index in [9.17, 15) is 13.2 Å². The first kappa shape index (κ1) is 10.4. The zero-order valence-electron chi connectivity index (χ0n) is 8.05. The lowest BCUT2D eigenvalue weighted by Crippen LogP contribution is -2.23. The number of sulfone groups is 1. The summed E-state index contributed by atoms with van der Waals surface area (Å²) < 4.78 is 27.9. The van der Waals surface area contributed by atoms with Crippen molar-refractivity contribution in [1.82, 2.24) is 4.98 Å². The molecular weight excluding hydrogens is 218 g/mol. The van der Waals surface area contributed by atoms with E-state index in [1.807, 2.05) is 0 Å². The monoisotopic (exact) mass is 229 g/mol. The van der Waals surface area contributed by atoms with Crippen LogP contribution in [0.1, 0.15) is 35.2 Å². The predicted molar refractivity (Wildman–Crippen MR) is 52.5 cm³/mol. The third-order valence-corrected chi connectivity index (χ3v) is 4.29. The van der Waals surface area contributed by atoms with Crippen molar-refractivity contribution in [3.05, 3.63) is 17.8 Å². The van der Waals surface area contributed by atoms with Gasteiger partial charge in [-0.05, 0) is 12.8 Å². The van der Waals surface area contributed by atoms with Gasteiger partial charge in [-0.25, -0.2) is 13.4 Å². The first-order valence-electron chi connectivity index (χ1n) is 4.72. The van der Waals surface area contributed by atoms with E-state index < -0.39 is 9.84 Å². The molecule has 0 aromatic carbocycles. The first-order valence-corrected chi connectivity index (χ1v) is 6.54. The maximum atomic E-state index is 11.4. The summed E-state index contributed by atoms with van der Waals surface area (Å²) in [4.78, 5) is 14.3. The van der Waals surface area contributed by atoms with Gasteiger partial charge in [0.1, 0.15) is 0 Å². The third kappa shape index (κ3) is 2.26. The molecule has 0 saturated carbocycles. The number of carbonyl (C=O) groups excluding carboxylic acids is 1. The van der Waals surface area contributed by atoms with E-state index in [-0.39, 0.29) is 23.2 Å². The predicted octanol–water partition coefficient (Wildman–Crippen LogP) is 0.779. The van der Waals surface area contributed by atoms with Gasteiger partial charge in [-0.1, -0.05) is 0 Å². The van der Waals surface area contributed by atoms with E-state index in [4.69, 9.17) is 4.42 Å². The highest BCUT2D eigenvalue weighted by Crippen LogP contribution is 2.27. The summed E-state index contributed by atoms with van der Waals surface area (Å²) in [5.41, 5.74) is 0. The van der Waals surface area contributed by atoms with Crippen LogP contribution in [0.4, 0.5) is 0 Å². The quantitative estimate of drug-likeness (QED) is 0.700. The van der Waals surface area contributed by atoms with Crippen LogP contribution in [0.5, 0.6) is 0 Å². The lowest BCUT2D eigenvalue weighted by atomic mass is 10.1. The topological polar surface area (TPSA) is 77.2 Å². The number of hydrogen-bond donors (Lipinski definition) is 0. The normalized spacial score (nSPS) is 24.9. The summed E-state index contributed by atoms with van der Waals surface area (Å²) in [6.45, 7) is 0. The molecule has 1 aliphatic rings. The average molecular weight is 229 g/mol. The number of carbonyl (C=O) groups is 1. The van der Waals surface area contributed by atoms with Crippen molar-refractivity contribution in [3.63, 3.8) is 0 Å². The first-order chi connectivity index (χ1) is 7.11. The van der Waals surface area contributed by atoms with E-state index in [0.29, 0.717) is 18.6 Å². The molecule has 5 nitrogen and oxygen atoms in total. The molecule has 1 aliphatic heterocycles. The maximum absolute atomic E-state index is 11.4. The smallest absolute Gasteiger partial charge is 0.199 e. The Balaban J connectivity index is 2.20. The standard InChI is InChI=1S/C9H11NO4S/c11-5-8-4-10-9(14-8)7-2-1-3-15(12,13)6-7/h4-5,7H,1-3,6H2. The van der Waals surface area contributed by atoms with Crippen molar-refractivity contribution in [2.75, 3.05) is 11.5 Å². The van der Waals surface area contributed by atoms with Gasteiger partial charge in [0, 0.05) is 5.92 Å². The molecule has 2 rings (SSSR count). The van der Waals surface area contributed by atoms with Gasteiger partial charge in [-0.3, -0.25) is 4.79 Å². The van der Waals surface area contributed by atoms with E-state index in [0.717, 1.165) is 6.42 Å². The van der Waals surface area contributed by atoms with E-state index in [1.54, 1.807) is 0 Å². The Morgan fingerprint density at radius 3 is 2.93 bits per heavy atom. The van der Waals surface area contributed by atoms with E-state index in [1.165, 1.54) is 6.20 Å². The molecule has 0 spiro atoms. The highest BCUT2D eigenvalue weighted by Gasteiger charge is 2.29. The van der Waals surface area contributed by atoms with Crippen LogP contribution < -0.4 is 0 Å². The second-order valence-corrected chi connectivity index (χ2v) is 5.90. The third-order valence-electron chi connectivity index (χ3n) is 2.47. The second-order valence-electron chi connectivity index (χ2n) is 3.67. The summed E-state index contributed by atoms with van der Waals surface area (Å²) in [6, 6.07) is 0. The Morgan fingerprint density at radius 2 is 2.33 bits per heavy atom. The van der Waals surface area contributed by atoms with Crippen molar-refractivity contribution in [2.45, 2.75) is 18.8 Å². The van der Waals surface area contributed by atoms with Crippen molar-refractivity contribution in [3.8, 4) is 0 Å². The summed E-state index contributed by atoms with van der Waals surface area (Å²) >= 11 is 0. The van der Waals surface area contributed by atoms with Crippen LogP contribution in [0.25, 0.3) is 0 Å². The average Bonchev–Trinajstić information content (AvgIpc) is 2.64. The molecule has 82 valence electrons. The van der Waals surface area contributed by atoms with Gasteiger partial charge in [0.2, 0.25) is 0 Å². The van der Waals surface area contributed by atoms with Gasteiger partial charge in [0.15, 0.2) is 27.8 Å². The molecule has 1 atom stereocenters. The molecule has 0 amide bonds. The molecule has 1 fully saturated rings. The Bertz CT molecular complexity index is 462. The maximum Gasteiger partial charge on any atom is 0.199 e. The SMILES string of the molecule is O=Cc1cnc(C2CCCS(=O)(=O)C2)o1. The Kier molecular flexibility index (Phi) is 2.60. The van der Waals surface area contributed by atoms with Gasteiger partial charge in [-0.2, -0.15) is 0 Å². The number of rotatable bonds is 2. The van der Waals surface area contributed by atoms with E-state index in [2.05, 4.69) is 4.98 Å². The van der Waals surface area contributed by atoms with Crippen LogP contribution in [-0.4, -0.2) is 31.2 Å². The van der Waals surface area contributed by atoms with Gasteiger partial charge in [0.25, 0.3) is 0 Å². The van der Waals surface area contributed by atoms with Crippen LogP contribution in [0.2, 0.25) is 0 Å². The molecule has 2 heterocycles. The second kappa shape index (κ2) is 3.77. The number of hydrogen-bond acceptors (Lipinski definition) is 5. The van der Waals surface area contributed by atoms with Crippen LogP contribution in [0.15, 0.2) is 10.6 Å². The highest BCUT2D eigenvalue weighted by molar-refractivity contribution is 7.91. The van der Waals surface area contributed by atoms with Crippen LogP contribution in [0, 0.1) is 0 Å². The molecule has 1 unspecified atom stereocenters. The Labute approximate surface area is 87.4 Å². The zero-order chi connectivity index (χ0) is 10.9. The van der Waals surface area contributed by atoms with Crippen LogP contribution in [-0.2, 0) is 9.84 Å². The fourth-order valence-corrected chi connectivity index (χ4v) is 3.46. The zero-order valence-corrected chi connectivity index (χ0v) is 8.87. The summed E-state index contributed by atoms with van der Waals surface area (Å²) in [7, 11) is -2.97. The van der Waals surface area contributed by atoms with Gasteiger partial charge in [-0.15, -0.1) is 0 Å². The summed E-state index contributed by atoms with van der Waals surface area (Å²) in [5, 5.41) is 0. The minimum absolute atomic E-state index is 0.0752. The molecule has 1 saturated heterocycles. The van der Waals surface area contributed by atoms with Crippen molar-refractivity contribution >= 4 is 16.1 Å². The number of nitrogens with zero attached hydrogens (tertiary/aromatic N) is 1. The molecule has 0 aliphatic carbocycles. The number of aromatic nitrogens is 1. The Hall–Kier alpha value is -1.17. The summed E-state index contributed by atoms with van der Waals surface area (Å²) in [6.07, 6.45) is 3.27. The largest absolute Gasteiger partial charge is 0.438 e. The molecule has 0 N–H and O–H groups in total. The molecule has 0 bridgehead atoms. The Morgan fingerprint density at radius 1 is 1.53 bits per heavy atom. The number of aldehydes is 1. The molecule has 1 aromatic heterocycles. The van der Waals surface area contributed by atoms with Crippen LogP contribution >= 0.6 is 0 Å². The minimum atomic E-state index is -2.97. The molecule has 0 radical (unpaired) electrons. The van der Waals surface area contributed by atoms with Crippen molar-refractivity contribution < 1.29 is 17.6 Å². The molecule has 1 aromatic rings.